The van der Waals surface area contributed by atoms with E-state index in [0.717, 1.165) is 13.1 Å². The highest BCUT2D eigenvalue weighted by Gasteiger charge is 1.93. The van der Waals surface area contributed by atoms with Crippen LogP contribution in [0.4, 0.5) is 0 Å². The van der Waals surface area contributed by atoms with Gasteiger partial charge in [0.15, 0.2) is 0 Å². The summed E-state index contributed by atoms with van der Waals surface area (Å²) >= 11 is 0. The van der Waals surface area contributed by atoms with E-state index in [0.29, 0.717) is 6.04 Å². The second-order valence-corrected chi connectivity index (χ2v) is 5.33. The van der Waals surface area contributed by atoms with Gasteiger partial charge >= 0.3 is 0 Å². The summed E-state index contributed by atoms with van der Waals surface area (Å²) in [6.07, 6.45) is 11.3. The Morgan fingerprint density at radius 2 is 1.29 bits per heavy atom. The summed E-state index contributed by atoms with van der Waals surface area (Å²) in [5.41, 5.74) is 0. The normalized spacial score (nSPS) is 11.3. The molecule has 0 aliphatic rings. The maximum absolute atomic E-state index is 3.49. The van der Waals surface area contributed by atoms with Crippen molar-refractivity contribution in [2.45, 2.75) is 78.2 Å². The zero-order valence-electron chi connectivity index (χ0n) is 12.4. The summed E-state index contributed by atoms with van der Waals surface area (Å²) in [4.78, 5) is 0. The van der Waals surface area contributed by atoms with E-state index < -0.39 is 0 Å². The molecule has 0 amide bonds. The number of nitrogens with one attached hydrogen (secondary N) is 2. The Morgan fingerprint density at radius 1 is 0.706 bits per heavy atom. The SMILES string of the molecule is CCCCCCCCCCNCCNC(C)C. The van der Waals surface area contributed by atoms with E-state index in [1.807, 2.05) is 0 Å². The lowest BCUT2D eigenvalue weighted by molar-refractivity contribution is 0.530. The fraction of sp³-hybridized carbons (Fsp3) is 1.00. The van der Waals surface area contributed by atoms with E-state index in [2.05, 4.69) is 31.4 Å². The van der Waals surface area contributed by atoms with Gasteiger partial charge in [0.2, 0.25) is 0 Å². The molecule has 0 aromatic carbocycles. The van der Waals surface area contributed by atoms with Gasteiger partial charge in [-0.15, -0.1) is 0 Å². The molecule has 0 aromatic heterocycles. The molecule has 0 saturated heterocycles. The first kappa shape index (κ1) is 16.9. The van der Waals surface area contributed by atoms with Crippen molar-refractivity contribution in [3.05, 3.63) is 0 Å². The third-order valence-electron chi connectivity index (χ3n) is 3.06. The van der Waals surface area contributed by atoms with E-state index >= 15 is 0 Å². The summed E-state index contributed by atoms with van der Waals surface area (Å²) in [6, 6.07) is 0.611. The van der Waals surface area contributed by atoms with Crippen molar-refractivity contribution in [2.75, 3.05) is 19.6 Å². The van der Waals surface area contributed by atoms with Gasteiger partial charge in [0, 0.05) is 19.1 Å². The minimum Gasteiger partial charge on any atom is -0.315 e. The second kappa shape index (κ2) is 14.0. The number of rotatable bonds is 13. The molecular formula is C15H34N2. The topological polar surface area (TPSA) is 24.1 Å². The molecule has 2 N–H and O–H groups in total. The lowest BCUT2D eigenvalue weighted by Crippen LogP contribution is -2.31. The van der Waals surface area contributed by atoms with E-state index in [-0.39, 0.29) is 0 Å². The van der Waals surface area contributed by atoms with E-state index in [4.69, 9.17) is 0 Å². The Kier molecular flexibility index (Phi) is 13.9. The molecule has 2 heteroatoms. The van der Waals surface area contributed by atoms with Crippen LogP contribution in [-0.2, 0) is 0 Å². The average molecular weight is 242 g/mol. The maximum Gasteiger partial charge on any atom is 0.00790 e. The number of unbranched alkanes of at least 4 members (excludes halogenated alkanes) is 7. The van der Waals surface area contributed by atoms with Gasteiger partial charge in [-0.2, -0.15) is 0 Å². The van der Waals surface area contributed by atoms with Crippen LogP contribution >= 0.6 is 0 Å². The van der Waals surface area contributed by atoms with Crippen LogP contribution in [0.25, 0.3) is 0 Å². The van der Waals surface area contributed by atoms with E-state index in [1.54, 1.807) is 0 Å². The predicted octanol–water partition coefficient (Wildman–Crippen LogP) is 3.71. The summed E-state index contributed by atoms with van der Waals surface area (Å²) in [6.45, 7) is 10.1. The monoisotopic (exact) mass is 242 g/mol. The van der Waals surface area contributed by atoms with Gasteiger partial charge in [0.1, 0.15) is 0 Å². The van der Waals surface area contributed by atoms with Crippen LogP contribution in [0.2, 0.25) is 0 Å². The van der Waals surface area contributed by atoms with Gasteiger partial charge in [0.25, 0.3) is 0 Å². The van der Waals surface area contributed by atoms with Gasteiger partial charge < -0.3 is 10.6 Å². The summed E-state index contributed by atoms with van der Waals surface area (Å²) in [5, 5.41) is 6.90. The molecule has 0 aliphatic carbocycles. The average Bonchev–Trinajstić information content (AvgIpc) is 2.30. The third-order valence-corrected chi connectivity index (χ3v) is 3.06. The van der Waals surface area contributed by atoms with Gasteiger partial charge in [-0.1, -0.05) is 65.7 Å². The first-order valence-corrected chi connectivity index (χ1v) is 7.71. The molecule has 0 heterocycles. The lowest BCUT2D eigenvalue weighted by atomic mass is 10.1. The minimum absolute atomic E-state index is 0.611. The maximum atomic E-state index is 3.49. The molecular weight excluding hydrogens is 208 g/mol. The number of hydrogen-bond donors (Lipinski definition) is 2. The van der Waals surface area contributed by atoms with Crippen LogP contribution in [-0.4, -0.2) is 25.7 Å². The molecule has 0 bridgehead atoms. The van der Waals surface area contributed by atoms with Gasteiger partial charge in [0.05, 0.1) is 0 Å². The van der Waals surface area contributed by atoms with E-state index in [9.17, 15) is 0 Å². The molecule has 0 atom stereocenters. The fourth-order valence-corrected chi connectivity index (χ4v) is 1.96. The van der Waals surface area contributed by atoms with Crippen LogP contribution in [0.1, 0.15) is 72.1 Å². The summed E-state index contributed by atoms with van der Waals surface area (Å²) in [5.74, 6) is 0. The van der Waals surface area contributed by atoms with Crippen molar-refractivity contribution in [3.63, 3.8) is 0 Å². The van der Waals surface area contributed by atoms with Crippen LogP contribution in [0.15, 0.2) is 0 Å². The van der Waals surface area contributed by atoms with Crippen LogP contribution in [0.5, 0.6) is 0 Å². The van der Waals surface area contributed by atoms with Crippen molar-refractivity contribution in [2.24, 2.45) is 0 Å². The Labute approximate surface area is 109 Å². The molecule has 0 fully saturated rings. The van der Waals surface area contributed by atoms with Crippen molar-refractivity contribution < 1.29 is 0 Å². The van der Waals surface area contributed by atoms with Crippen molar-refractivity contribution >= 4 is 0 Å². The zero-order chi connectivity index (χ0) is 12.8. The molecule has 17 heavy (non-hydrogen) atoms. The Balaban J connectivity index is 2.89. The molecule has 0 aliphatic heterocycles. The Morgan fingerprint density at radius 3 is 1.88 bits per heavy atom. The van der Waals surface area contributed by atoms with Crippen LogP contribution in [0, 0.1) is 0 Å². The molecule has 2 nitrogen and oxygen atoms in total. The summed E-state index contributed by atoms with van der Waals surface area (Å²) in [7, 11) is 0. The zero-order valence-corrected chi connectivity index (χ0v) is 12.4. The molecule has 0 saturated carbocycles. The highest BCUT2D eigenvalue weighted by molar-refractivity contribution is 4.56. The standard InChI is InChI=1S/C15H34N2/c1-4-5-6-7-8-9-10-11-12-16-13-14-17-15(2)3/h15-17H,4-14H2,1-3H3. The van der Waals surface area contributed by atoms with E-state index in [1.165, 1.54) is 57.9 Å². The molecule has 104 valence electrons. The first-order chi connectivity index (χ1) is 8.27. The van der Waals surface area contributed by atoms with Crippen LogP contribution < -0.4 is 10.6 Å². The molecule has 0 spiro atoms. The highest BCUT2D eigenvalue weighted by Crippen LogP contribution is 2.07. The number of hydrogen-bond acceptors (Lipinski definition) is 2. The molecule has 0 unspecified atom stereocenters. The summed E-state index contributed by atoms with van der Waals surface area (Å²) < 4.78 is 0. The first-order valence-electron chi connectivity index (χ1n) is 7.71. The smallest absolute Gasteiger partial charge is 0.00790 e. The molecule has 0 rings (SSSR count). The minimum atomic E-state index is 0.611. The third kappa shape index (κ3) is 15.9. The quantitative estimate of drug-likeness (QED) is 0.481. The lowest BCUT2D eigenvalue weighted by Gasteiger charge is -2.08. The van der Waals surface area contributed by atoms with Crippen molar-refractivity contribution in [3.8, 4) is 0 Å². The largest absolute Gasteiger partial charge is 0.315 e. The Hall–Kier alpha value is -0.0800. The molecule has 0 radical (unpaired) electrons. The highest BCUT2D eigenvalue weighted by atomic mass is 14.9. The Bertz CT molecular complexity index is 135. The van der Waals surface area contributed by atoms with Gasteiger partial charge in [-0.25, -0.2) is 0 Å². The van der Waals surface area contributed by atoms with Gasteiger partial charge in [-0.05, 0) is 13.0 Å². The second-order valence-electron chi connectivity index (χ2n) is 5.33. The molecule has 0 aromatic rings. The van der Waals surface area contributed by atoms with Crippen molar-refractivity contribution in [1.82, 2.24) is 10.6 Å². The predicted molar refractivity (Wildman–Crippen MR) is 78.6 cm³/mol. The van der Waals surface area contributed by atoms with Crippen molar-refractivity contribution in [1.29, 1.82) is 0 Å². The fourth-order valence-electron chi connectivity index (χ4n) is 1.96. The van der Waals surface area contributed by atoms with Gasteiger partial charge in [-0.3, -0.25) is 0 Å². The van der Waals surface area contributed by atoms with Crippen LogP contribution in [0.3, 0.4) is 0 Å².